The average molecular weight is 244 g/mol. The SMILES string of the molecule is Fc1cc(Br)ccc1C1COC=N1. The minimum atomic E-state index is -0.248. The molecule has 0 aliphatic carbocycles. The summed E-state index contributed by atoms with van der Waals surface area (Å²) < 4.78 is 19.0. The van der Waals surface area contributed by atoms with Crippen molar-refractivity contribution < 1.29 is 9.13 Å². The summed E-state index contributed by atoms with van der Waals surface area (Å²) in [6.07, 6.45) is 1.37. The molecular weight excluding hydrogens is 237 g/mol. The highest BCUT2D eigenvalue weighted by molar-refractivity contribution is 9.10. The predicted octanol–water partition coefficient (Wildman–Crippen LogP) is 2.69. The minimum Gasteiger partial charge on any atom is -0.481 e. The Morgan fingerprint density at radius 1 is 1.54 bits per heavy atom. The van der Waals surface area contributed by atoms with Crippen molar-refractivity contribution in [2.75, 3.05) is 6.61 Å². The zero-order valence-electron chi connectivity index (χ0n) is 6.71. The van der Waals surface area contributed by atoms with Gasteiger partial charge in [-0.05, 0) is 12.1 Å². The van der Waals surface area contributed by atoms with Crippen molar-refractivity contribution >= 4 is 22.3 Å². The van der Waals surface area contributed by atoms with E-state index in [-0.39, 0.29) is 11.9 Å². The van der Waals surface area contributed by atoms with E-state index in [9.17, 15) is 4.39 Å². The largest absolute Gasteiger partial charge is 0.481 e. The molecule has 1 unspecified atom stereocenters. The molecule has 68 valence electrons. The van der Waals surface area contributed by atoms with Crippen LogP contribution in [0.5, 0.6) is 0 Å². The number of nitrogens with zero attached hydrogens (tertiary/aromatic N) is 1. The van der Waals surface area contributed by atoms with Crippen LogP contribution in [0.4, 0.5) is 4.39 Å². The highest BCUT2D eigenvalue weighted by Crippen LogP contribution is 2.25. The lowest BCUT2D eigenvalue weighted by Crippen LogP contribution is -2.00. The van der Waals surface area contributed by atoms with E-state index in [1.807, 2.05) is 0 Å². The second-order valence-corrected chi connectivity index (χ2v) is 3.69. The number of halogens is 2. The molecule has 2 nitrogen and oxygen atoms in total. The first-order valence-corrected chi connectivity index (χ1v) is 4.65. The number of hydrogen-bond donors (Lipinski definition) is 0. The van der Waals surface area contributed by atoms with Gasteiger partial charge in [0.25, 0.3) is 0 Å². The molecule has 1 atom stereocenters. The Morgan fingerprint density at radius 3 is 3.00 bits per heavy atom. The molecule has 0 radical (unpaired) electrons. The first kappa shape index (κ1) is 8.69. The molecule has 2 rings (SSSR count). The average Bonchev–Trinajstić information content (AvgIpc) is 2.56. The second kappa shape index (κ2) is 3.46. The second-order valence-electron chi connectivity index (χ2n) is 2.77. The van der Waals surface area contributed by atoms with Gasteiger partial charge in [-0.2, -0.15) is 0 Å². The Bertz CT molecular complexity index is 353. The van der Waals surface area contributed by atoms with Crippen molar-refractivity contribution in [1.82, 2.24) is 0 Å². The molecule has 0 aromatic heterocycles. The van der Waals surface area contributed by atoms with E-state index in [2.05, 4.69) is 20.9 Å². The summed E-state index contributed by atoms with van der Waals surface area (Å²) in [6, 6.07) is 4.76. The molecular formula is C9H7BrFNO. The maximum absolute atomic E-state index is 13.3. The van der Waals surface area contributed by atoms with Gasteiger partial charge < -0.3 is 4.74 Å². The molecule has 0 bridgehead atoms. The van der Waals surface area contributed by atoms with Crippen molar-refractivity contribution in [2.24, 2.45) is 4.99 Å². The Balaban J connectivity index is 2.34. The number of benzene rings is 1. The van der Waals surface area contributed by atoms with Gasteiger partial charge in [-0.3, -0.25) is 0 Å². The Labute approximate surface area is 83.6 Å². The summed E-state index contributed by atoms with van der Waals surface area (Å²) >= 11 is 3.20. The number of aliphatic imine (C=N–C) groups is 1. The van der Waals surface area contributed by atoms with Gasteiger partial charge in [0.1, 0.15) is 18.5 Å². The number of rotatable bonds is 1. The minimum absolute atomic E-state index is 0.187. The zero-order chi connectivity index (χ0) is 9.26. The Morgan fingerprint density at radius 2 is 2.38 bits per heavy atom. The van der Waals surface area contributed by atoms with Crippen LogP contribution in [-0.4, -0.2) is 13.0 Å². The van der Waals surface area contributed by atoms with E-state index in [0.29, 0.717) is 12.2 Å². The molecule has 0 spiro atoms. The third kappa shape index (κ3) is 1.72. The van der Waals surface area contributed by atoms with Gasteiger partial charge in [-0.25, -0.2) is 9.38 Å². The van der Waals surface area contributed by atoms with E-state index in [0.717, 1.165) is 4.47 Å². The van der Waals surface area contributed by atoms with Gasteiger partial charge in [0.2, 0.25) is 0 Å². The summed E-state index contributed by atoms with van der Waals surface area (Å²) in [5.74, 6) is -0.248. The summed E-state index contributed by atoms with van der Waals surface area (Å²) in [7, 11) is 0. The third-order valence-corrected chi connectivity index (χ3v) is 2.38. The van der Waals surface area contributed by atoms with Gasteiger partial charge in [-0.15, -0.1) is 0 Å². The molecule has 0 N–H and O–H groups in total. The van der Waals surface area contributed by atoms with Crippen LogP contribution in [0.2, 0.25) is 0 Å². The van der Waals surface area contributed by atoms with Crippen LogP contribution in [0.15, 0.2) is 27.7 Å². The molecule has 0 saturated carbocycles. The maximum Gasteiger partial charge on any atom is 0.170 e. The van der Waals surface area contributed by atoms with Crippen LogP contribution in [0.3, 0.4) is 0 Å². The van der Waals surface area contributed by atoms with Crippen LogP contribution < -0.4 is 0 Å². The lowest BCUT2D eigenvalue weighted by atomic mass is 10.1. The van der Waals surface area contributed by atoms with Crippen LogP contribution in [-0.2, 0) is 4.74 Å². The number of ether oxygens (including phenoxy) is 1. The Kier molecular flexibility index (Phi) is 2.31. The molecule has 0 fully saturated rings. The van der Waals surface area contributed by atoms with Gasteiger partial charge >= 0.3 is 0 Å². The van der Waals surface area contributed by atoms with Crippen LogP contribution >= 0.6 is 15.9 Å². The first-order chi connectivity index (χ1) is 6.27. The predicted molar refractivity (Wildman–Crippen MR) is 51.3 cm³/mol. The van der Waals surface area contributed by atoms with Crippen molar-refractivity contribution in [1.29, 1.82) is 0 Å². The molecule has 1 aromatic carbocycles. The van der Waals surface area contributed by atoms with Gasteiger partial charge in [-0.1, -0.05) is 22.0 Å². The highest BCUT2D eigenvalue weighted by atomic mass is 79.9. The molecule has 1 aromatic rings. The molecule has 0 saturated heterocycles. The maximum atomic E-state index is 13.3. The topological polar surface area (TPSA) is 21.6 Å². The lowest BCUT2D eigenvalue weighted by Gasteiger charge is -2.06. The molecule has 4 heteroatoms. The normalized spacial score (nSPS) is 20.3. The summed E-state index contributed by atoms with van der Waals surface area (Å²) in [5.41, 5.74) is 0.581. The zero-order valence-corrected chi connectivity index (χ0v) is 8.29. The van der Waals surface area contributed by atoms with Gasteiger partial charge in [0.15, 0.2) is 6.40 Å². The van der Waals surface area contributed by atoms with Crippen molar-refractivity contribution in [2.45, 2.75) is 6.04 Å². The van der Waals surface area contributed by atoms with E-state index in [1.54, 1.807) is 12.1 Å². The van der Waals surface area contributed by atoms with Crippen LogP contribution in [0, 0.1) is 5.82 Å². The summed E-state index contributed by atoms with van der Waals surface area (Å²) in [6.45, 7) is 0.429. The van der Waals surface area contributed by atoms with E-state index >= 15 is 0 Å². The summed E-state index contributed by atoms with van der Waals surface area (Å²) in [4.78, 5) is 3.99. The van der Waals surface area contributed by atoms with E-state index in [1.165, 1.54) is 12.5 Å². The van der Waals surface area contributed by atoms with Crippen molar-refractivity contribution in [3.05, 3.63) is 34.1 Å². The van der Waals surface area contributed by atoms with Gasteiger partial charge in [0.05, 0.1) is 0 Å². The third-order valence-electron chi connectivity index (χ3n) is 1.89. The van der Waals surface area contributed by atoms with Crippen LogP contribution in [0.25, 0.3) is 0 Å². The van der Waals surface area contributed by atoms with Crippen molar-refractivity contribution in [3.63, 3.8) is 0 Å². The molecule has 0 amide bonds. The monoisotopic (exact) mass is 243 g/mol. The Hall–Kier alpha value is -0.900. The van der Waals surface area contributed by atoms with E-state index in [4.69, 9.17) is 4.74 Å². The first-order valence-electron chi connectivity index (χ1n) is 3.85. The number of hydrogen-bond acceptors (Lipinski definition) is 2. The lowest BCUT2D eigenvalue weighted by molar-refractivity contribution is 0.327. The van der Waals surface area contributed by atoms with Crippen LogP contribution in [0.1, 0.15) is 11.6 Å². The quantitative estimate of drug-likeness (QED) is 0.744. The van der Waals surface area contributed by atoms with Gasteiger partial charge in [0, 0.05) is 10.0 Å². The fraction of sp³-hybridized carbons (Fsp3) is 0.222. The highest BCUT2D eigenvalue weighted by Gasteiger charge is 2.17. The van der Waals surface area contributed by atoms with E-state index < -0.39 is 0 Å². The molecule has 13 heavy (non-hydrogen) atoms. The standard InChI is InChI=1S/C9H7BrFNO/c10-6-1-2-7(8(11)3-6)9-4-13-5-12-9/h1-3,5,9H,4H2. The fourth-order valence-corrected chi connectivity index (χ4v) is 1.57. The molecule has 1 heterocycles. The molecule has 1 aliphatic heterocycles. The summed E-state index contributed by atoms with van der Waals surface area (Å²) in [5, 5.41) is 0. The van der Waals surface area contributed by atoms with Crippen molar-refractivity contribution in [3.8, 4) is 0 Å². The fourth-order valence-electron chi connectivity index (χ4n) is 1.24. The molecule has 1 aliphatic rings. The smallest absolute Gasteiger partial charge is 0.170 e.